The van der Waals surface area contributed by atoms with Gasteiger partial charge in [-0.25, -0.2) is 0 Å². The molecule has 1 aromatic carbocycles. The minimum atomic E-state index is -0.771. The number of hydrogen-bond donors (Lipinski definition) is 3. The van der Waals surface area contributed by atoms with Gasteiger partial charge in [0.1, 0.15) is 0 Å². The van der Waals surface area contributed by atoms with Gasteiger partial charge in [-0.05, 0) is 31.4 Å². The molecule has 2 heterocycles. The van der Waals surface area contributed by atoms with Gasteiger partial charge in [0.25, 0.3) is 0 Å². The van der Waals surface area contributed by atoms with E-state index in [9.17, 15) is 14.7 Å². The van der Waals surface area contributed by atoms with Crippen molar-refractivity contribution in [3.05, 3.63) is 35.9 Å². The van der Waals surface area contributed by atoms with Gasteiger partial charge in [-0.1, -0.05) is 36.8 Å². The molecule has 0 aliphatic carbocycles. The summed E-state index contributed by atoms with van der Waals surface area (Å²) in [4.78, 5) is 26.6. The van der Waals surface area contributed by atoms with Gasteiger partial charge < -0.3 is 20.6 Å². The predicted octanol–water partition coefficient (Wildman–Crippen LogP) is 1.14. The van der Waals surface area contributed by atoms with Crippen molar-refractivity contribution in [3.8, 4) is 0 Å². The second kappa shape index (κ2) is 8.64. The SMILES string of the molecule is O=C(CCN1CCCCCC1=O)N[C@@]1(c2ccccc2)CCNC[C@H]1O. The topological polar surface area (TPSA) is 81.7 Å². The highest BCUT2D eigenvalue weighted by Crippen LogP contribution is 2.31. The second-order valence-corrected chi connectivity index (χ2v) is 7.30. The summed E-state index contributed by atoms with van der Waals surface area (Å²) in [5, 5.41) is 17.0. The molecule has 6 heteroatoms. The molecule has 2 fully saturated rings. The Kier molecular flexibility index (Phi) is 6.27. The van der Waals surface area contributed by atoms with Crippen molar-refractivity contribution in [1.82, 2.24) is 15.5 Å². The second-order valence-electron chi connectivity index (χ2n) is 7.30. The number of aliphatic hydroxyl groups is 1. The number of aliphatic hydroxyl groups excluding tert-OH is 1. The molecule has 0 bridgehead atoms. The largest absolute Gasteiger partial charge is 0.389 e. The molecule has 2 saturated heterocycles. The monoisotopic (exact) mass is 359 g/mol. The molecule has 3 rings (SSSR count). The third-order valence-electron chi connectivity index (χ3n) is 5.53. The number of rotatable bonds is 5. The Balaban J connectivity index is 1.67. The third kappa shape index (κ3) is 4.24. The van der Waals surface area contributed by atoms with Gasteiger partial charge in [0, 0.05) is 32.5 Å². The van der Waals surface area contributed by atoms with Crippen molar-refractivity contribution < 1.29 is 14.7 Å². The third-order valence-corrected chi connectivity index (χ3v) is 5.53. The van der Waals surface area contributed by atoms with E-state index in [0.29, 0.717) is 25.9 Å². The van der Waals surface area contributed by atoms with Gasteiger partial charge >= 0.3 is 0 Å². The van der Waals surface area contributed by atoms with Crippen molar-refractivity contribution in [1.29, 1.82) is 0 Å². The maximum Gasteiger partial charge on any atom is 0.222 e. The van der Waals surface area contributed by atoms with E-state index in [-0.39, 0.29) is 18.2 Å². The van der Waals surface area contributed by atoms with E-state index < -0.39 is 11.6 Å². The van der Waals surface area contributed by atoms with Crippen LogP contribution in [0.25, 0.3) is 0 Å². The molecule has 3 N–H and O–H groups in total. The molecule has 6 nitrogen and oxygen atoms in total. The lowest BCUT2D eigenvalue weighted by Crippen LogP contribution is -2.61. The van der Waals surface area contributed by atoms with Crippen LogP contribution in [0.5, 0.6) is 0 Å². The van der Waals surface area contributed by atoms with E-state index >= 15 is 0 Å². The average molecular weight is 359 g/mol. The first-order chi connectivity index (χ1) is 12.6. The Hall–Kier alpha value is -1.92. The summed E-state index contributed by atoms with van der Waals surface area (Å²) in [6.07, 6.45) is 3.81. The predicted molar refractivity (Wildman–Crippen MR) is 99.4 cm³/mol. The molecule has 0 spiro atoms. The zero-order valence-electron chi connectivity index (χ0n) is 15.2. The zero-order chi connectivity index (χ0) is 18.4. The molecule has 0 aromatic heterocycles. The highest BCUT2D eigenvalue weighted by molar-refractivity contribution is 5.80. The Bertz CT molecular complexity index is 622. The molecule has 26 heavy (non-hydrogen) atoms. The summed E-state index contributed by atoms with van der Waals surface area (Å²) in [6.45, 7) is 2.36. The number of β-amino-alcohol motifs (C(OH)–C–C–N with tert-alkyl or cyclic N) is 1. The smallest absolute Gasteiger partial charge is 0.222 e. The Morgan fingerprint density at radius 1 is 1.27 bits per heavy atom. The molecule has 2 aliphatic heterocycles. The lowest BCUT2D eigenvalue weighted by molar-refractivity contribution is -0.132. The molecule has 142 valence electrons. The van der Waals surface area contributed by atoms with Crippen LogP contribution in [0.15, 0.2) is 30.3 Å². The molecule has 0 saturated carbocycles. The van der Waals surface area contributed by atoms with Crippen LogP contribution >= 0.6 is 0 Å². The molecule has 0 radical (unpaired) electrons. The van der Waals surface area contributed by atoms with E-state index in [1.807, 2.05) is 30.3 Å². The van der Waals surface area contributed by atoms with Crippen LogP contribution in [0.4, 0.5) is 0 Å². The van der Waals surface area contributed by atoms with Gasteiger partial charge in [0.15, 0.2) is 0 Å². The van der Waals surface area contributed by atoms with Crippen LogP contribution in [0, 0.1) is 0 Å². The number of carbonyl (C=O) groups is 2. The summed E-state index contributed by atoms with van der Waals surface area (Å²) in [6, 6.07) is 9.68. The van der Waals surface area contributed by atoms with E-state index in [0.717, 1.165) is 37.9 Å². The first kappa shape index (κ1) is 18.9. The standard InChI is InChI=1S/C20H29N3O3/c24-17-15-21-12-11-20(17,16-7-3-1-4-8-16)22-18(25)10-14-23-13-6-2-5-9-19(23)26/h1,3-4,7-8,17,21,24H,2,5-6,9-15H2,(H,22,25)/t17-,20-/m1/s1. The van der Waals surface area contributed by atoms with E-state index in [2.05, 4.69) is 10.6 Å². The summed E-state index contributed by atoms with van der Waals surface area (Å²) in [7, 11) is 0. The lowest BCUT2D eigenvalue weighted by Gasteiger charge is -2.43. The molecule has 2 aliphatic rings. The van der Waals surface area contributed by atoms with Gasteiger partial charge in [-0.3, -0.25) is 9.59 Å². The summed E-state index contributed by atoms with van der Waals surface area (Å²) in [5.74, 6) is 0.0295. The number of nitrogens with zero attached hydrogens (tertiary/aromatic N) is 1. The minimum Gasteiger partial charge on any atom is -0.389 e. The summed E-state index contributed by atoms with van der Waals surface area (Å²) in [5.41, 5.74) is 0.153. The molecule has 2 amide bonds. The van der Waals surface area contributed by atoms with Crippen molar-refractivity contribution in [3.63, 3.8) is 0 Å². The Morgan fingerprint density at radius 3 is 2.85 bits per heavy atom. The van der Waals surface area contributed by atoms with E-state index in [1.165, 1.54) is 0 Å². The Morgan fingerprint density at radius 2 is 2.08 bits per heavy atom. The quantitative estimate of drug-likeness (QED) is 0.737. The van der Waals surface area contributed by atoms with Crippen LogP contribution in [0.3, 0.4) is 0 Å². The number of carbonyl (C=O) groups excluding carboxylic acids is 2. The minimum absolute atomic E-state index is 0.119. The molecular weight excluding hydrogens is 330 g/mol. The zero-order valence-corrected chi connectivity index (χ0v) is 15.2. The highest BCUT2D eigenvalue weighted by Gasteiger charge is 2.42. The van der Waals surface area contributed by atoms with Crippen molar-refractivity contribution >= 4 is 11.8 Å². The maximum atomic E-state index is 12.7. The number of nitrogens with one attached hydrogen (secondary N) is 2. The van der Waals surface area contributed by atoms with Crippen LogP contribution in [-0.4, -0.2) is 54.1 Å². The van der Waals surface area contributed by atoms with Crippen LogP contribution in [0.2, 0.25) is 0 Å². The highest BCUT2D eigenvalue weighted by atomic mass is 16.3. The van der Waals surface area contributed by atoms with E-state index in [4.69, 9.17) is 0 Å². The molecule has 0 unspecified atom stereocenters. The van der Waals surface area contributed by atoms with Gasteiger partial charge in [-0.15, -0.1) is 0 Å². The average Bonchev–Trinajstić information content (AvgIpc) is 2.87. The summed E-state index contributed by atoms with van der Waals surface area (Å²) < 4.78 is 0. The number of piperidine rings is 1. The van der Waals surface area contributed by atoms with Gasteiger partial charge in [0.05, 0.1) is 11.6 Å². The molecular formula is C20H29N3O3. The summed E-state index contributed by atoms with van der Waals surface area (Å²) >= 11 is 0. The normalized spacial score (nSPS) is 27.0. The van der Waals surface area contributed by atoms with Crippen LogP contribution in [-0.2, 0) is 15.1 Å². The van der Waals surface area contributed by atoms with Gasteiger partial charge in [0.2, 0.25) is 11.8 Å². The number of benzene rings is 1. The lowest BCUT2D eigenvalue weighted by atomic mass is 9.79. The Labute approximate surface area is 155 Å². The number of hydrogen-bond acceptors (Lipinski definition) is 4. The van der Waals surface area contributed by atoms with Crippen molar-refractivity contribution in [2.24, 2.45) is 0 Å². The number of amides is 2. The first-order valence-corrected chi connectivity index (χ1v) is 9.65. The van der Waals surface area contributed by atoms with Crippen molar-refractivity contribution in [2.45, 2.75) is 50.2 Å². The maximum absolute atomic E-state index is 12.7. The fourth-order valence-corrected chi connectivity index (χ4v) is 3.98. The first-order valence-electron chi connectivity index (χ1n) is 9.65. The van der Waals surface area contributed by atoms with Crippen LogP contribution in [0.1, 0.15) is 44.1 Å². The molecule has 2 atom stereocenters. The molecule has 1 aromatic rings. The van der Waals surface area contributed by atoms with Gasteiger partial charge in [-0.2, -0.15) is 0 Å². The fraction of sp³-hybridized carbons (Fsp3) is 0.600. The number of likely N-dealkylation sites (tertiary alicyclic amines) is 1. The van der Waals surface area contributed by atoms with E-state index in [1.54, 1.807) is 4.90 Å². The van der Waals surface area contributed by atoms with Crippen molar-refractivity contribution in [2.75, 3.05) is 26.2 Å². The fourth-order valence-electron chi connectivity index (χ4n) is 3.98. The van der Waals surface area contributed by atoms with Crippen LogP contribution < -0.4 is 10.6 Å².